The van der Waals surface area contributed by atoms with Gasteiger partial charge in [0.1, 0.15) is 17.6 Å². The summed E-state index contributed by atoms with van der Waals surface area (Å²) in [6, 6.07) is 7.03. The number of rotatable bonds is 5. The van der Waals surface area contributed by atoms with E-state index >= 15 is 0 Å². The van der Waals surface area contributed by atoms with Crippen molar-refractivity contribution in [2.45, 2.75) is 50.6 Å². The van der Waals surface area contributed by atoms with Gasteiger partial charge in [0.2, 0.25) is 0 Å². The predicted molar refractivity (Wildman–Crippen MR) is 127 cm³/mol. The fourth-order valence-corrected chi connectivity index (χ4v) is 4.81. The molecule has 4 aromatic rings. The lowest BCUT2D eigenvalue weighted by Crippen LogP contribution is -2.38. The van der Waals surface area contributed by atoms with E-state index in [4.69, 9.17) is 5.73 Å². The fourth-order valence-electron chi connectivity index (χ4n) is 4.81. The molecule has 0 radical (unpaired) electrons. The monoisotopic (exact) mass is 502 g/mol. The van der Waals surface area contributed by atoms with Crippen molar-refractivity contribution in [3.63, 3.8) is 0 Å². The van der Waals surface area contributed by atoms with E-state index in [1.807, 2.05) is 0 Å². The lowest BCUT2D eigenvalue weighted by Gasteiger charge is -2.30. The number of likely N-dealkylation sites (tertiary alicyclic amines) is 1. The lowest BCUT2D eigenvalue weighted by atomic mass is 9.97. The smallest absolute Gasteiger partial charge is 0.390 e. The van der Waals surface area contributed by atoms with Crippen molar-refractivity contribution < 1.29 is 22.7 Å². The summed E-state index contributed by atoms with van der Waals surface area (Å²) >= 11 is 0. The minimum absolute atomic E-state index is 0.0560. The summed E-state index contributed by atoms with van der Waals surface area (Å²) in [7, 11) is 0. The van der Waals surface area contributed by atoms with Crippen LogP contribution in [0.5, 0.6) is 0 Å². The summed E-state index contributed by atoms with van der Waals surface area (Å²) in [5.41, 5.74) is 6.35. The number of nitrogens with zero attached hydrogens (tertiary/aromatic N) is 5. The van der Waals surface area contributed by atoms with Gasteiger partial charge in [-0.3, -0.25) is 9.30 Å². The third-order valence-corrected chi connectivity index (χ3v) is 6.38. The molecule has 11 heteroatoms. The van der Waals surface area contributed by atoms with Crippen molar-refractivity contribution in [3.05, 3.63) is 59.5 Å². The SMILES string of the molecule is CC(C)(O)Cc1cc2nc(-c3nnc4ccc([C@@H](N5CC[C@H](N)C5)C(F)(F)F)cn34)ccc2cc1F. The van der Waals surface area contributed by atoms with Crippen LogP contribution in [0.2, 0.25) is 0 Å². The van der Waals surface area contributed by atoms with Crippen LogP contribution in [0.4, 0.5) is 17.6 Å². The number of benzene rings is 1. The van der Waals surface area contributed by atoms with Gasteiger partial charge >= 0.3 is 6.18 Å². The Kier molecular flexibility index (Phi) is 5.97. The highest BCUT2D eigenvalue weighted by Crippen LogP contribution is 2.39. The van der Waals surface area contributed by atoms with E-state index in [1.165, 1.54) is 33.7 Å². The molecule has 0 unspecified atom stereocenters. The third-order valence-electron chi connectivity index (χ3n) is 6.38. The van der Waals surface area contributed by atoms with Gasteiger partial charge < -0.3 is 10.8 Å². The molecule has 5 rings (SSSR count). The molecule has 0 saturated carbocycles. The number of aliphatic hydroxyl groups is 1. The molecule has 3 aromatic heterocycles. The van der Waals surface area contributed by atoms with Crippen molar-refractivity contribution in [2.24, 2.45) is 5.73 Å². The number of hydrogen-bond acceptors (Lipinski definition) is 6. The molecule has 0 aliphatic carbocycles. The molecule has 4 heterocycles. The molecule has 3 N–H and O–H groups in total. The van der Waals surface area contributed by atoms with Crippen LogP contribution in [0, 0.1) is 5.82 Å². The largest absolute Gasteiger partial charge is 0.408 e. The Bertz CT molecular complexity index is 1430. The molecule has 1 aliphatic heterocycles. The van der Waals surface area contributed by atoms with Gasteiger partial charge in [0.05, 0.1) is 11.1 Å². The number of fused-ring (bicyclic) bond motifs is 2. The highest BCUT2D eigenvalue weighted by Gasteiger charge is 2.46. The fraction of sp³-hybridized carbons (Fsp3) is 0.400. The van der Waals surface area contributed by atoms with Crippen LogP contribution in [0.25, 0.3) is 28.1 Å². The molecule has 7 nitrogen and oxygen atoms in total. The summed E-state index contributed by atoms with van der Waals surface area (Å²) in [5.74, 6) is -0.183. The zero-order valence-corrected chi connectivity index (χ0v) is 19.8. The summed E-state index contributed by atoms with van der Waals surface area (Å²) in [6.07, 6.45) is -2.50. The summed E-state index contributed by atoms with van der Waals surface area (Å²) in [6.45, 7) is 3.59. The zero-order valence-electron chi connectivity index (χ0n) is 19.8. The van der Waals surface area contributed by atoms with E-state index in [9.17, 15) is 22.7 Å². The number of pyridine rings is 2. The Hall–Kier alpha value is -3.15. The van der Waals surface area contributed by atoms with Crippen molar-refractivity contribution in [2.75, 3.05) is 13.1 Å². The molecule has 190 valence electrons. The van der Waals surface area contributed by atoms with Crippen LogP contribution < -0.4 is 5.73 Å². The van der Waals surface area contributed by atoms with Gasteiger partial charge in [0.25, 0.3) is 0 Å². The maximum absolute atomic E-state index is 14.5. The average Bonchev–Trinajstić information content (AvgIpc) is 3.38. The van der Waals surface area contributed by atoms with Gasteiger partial charge in [-0.05, 0) is 55.7 Å². The Balaban J connectivity index is 1.58. The summed E-state index contributed by atoms with van der Waals surface area (Å²) < 4.78 is 58.4. The van der Waals surface area contributed by atoms with Crippen LogP contribution in [-0.4, -0.2) is 60.5 Å². The lowest BCUT2D eigenvalue weighted by molar-refractivity contribution is -0.183. The van der Waals surface area contributed by atoms with E-state index in [0.717, 1.165) is 0 Å². The van der Waals surface area contributed by atoms with Gasteiger partial charge in [0.15, 0.2) is 11.5 Å². The quantitative estimate of drug-likeness (QED) is 0.401. The maximum atomic E-state index is 14.5. The van der Waals surface area contributed by atoms with E-state index in [0.29, 0.717) is 34.2 Å². The third kappa shape index (κ3) is 4.78. The van der Waals surface area contributed by atoms with Crippen LogP contribution in [0.1, 0.15) is 37.4 Å². The second-order valence-electron chi connectivity index (χ2n) is 10.0. The van der Waals surface area contributed by atoms with Crippen molar-refractivity contribution >= 4 is 16.6 Å². The summed E-state index contributed by atoms with van der Waals surface area (Å²) in [5, 5.41) is 18.9. The molecule has 2 atom stereocenters. The highest BCUT2D eigenvalue weighted by atomic mass is 19.4. The normalized spacial score (nSPS) is 18.4. The number of aromatic nitrogens is 4. The molecule has 1 saturated heterocycles. The van der Waals surface area contributed by atoms with Gasteiger partial charge in [-0.15, -0.1) is 10.2 Å². The van der Waals surface area contributed by atoms with Crippen LogP contribution >= 0.6 is 0 Å². The first-order chi connectivity index (χ1) is 16.9. The Morgan fingerprint density at radius 3 is 2.58 bits per heavy atom. The van der Waals surface area contributed by atoms with Crippen molar-refractivity contribution in [1.29, 1.82) is 0 Å². The van der Waals surface area contributed by atoms with Crippen molar-refractivity contribution in [3.8, 4) is 11.5 Å². The second kappa shape index (κ2) is 8.75. The van der Waals surface area contributed by atoms with E-state index in [1.54, 1.807) is 32.0 Å². The van der Waals surface area contributed by atoms with Crippen LogP contribution in [0.15, 0.2) is 42.6 Å². The molecule has 0 spiro atoms. The first-order valence-electron chi connectivity index (χ1n) is 11.6. The number of hydrogen-bond donors (Lipinski definition) is 2. The molecule has 1 aliphatic rings. The number of nitrogens with two attached hydrogens (primary N) is 1. The number of halogens is 4. The summed E-state index contributed by atoms with van der Waals surface area (Å²) in [4.78, 5) is 5.94. The molecule has 0 amide bonds. The maximum Gasteiger partial charge on any atom is 0.408 e. The first kappa shape index (κ1) is 24.5. The minimum Gasteiger partial charge on any atom is -0.390 e. The van der Waals surface area contributed by atoms with E-state index in [2.05, 4.69) is 15.2 Å². The number of alkyl halides is 3. The highest BCUT2D eigenvalue weighted by molar-refractivity contribution is 5.82. The Morgan fingerprint density at radius 2 is 1.92 bits per heavy atom. The Labute approximate surface area is 204 Å². The predicted octanol–water partition coefficient (Wildman–Crippen LogP) is 4.03. The van der Waals surface area contributed by atoms with E-state index in [-0.39, 0.29) is 36.9 Å². The van der Waals surface area contributed by atoms with Gasteiger partial charge in [0, 0.05) is 37.1 Å². The molecular formula is C25H26F4N6O. The van der Waals surface area contributed by atoms with Crippen molar-refractivity contribution in [1.82, 2.24) is 24.5 Å². The van der Waals surface area contributed by atoms with Crippen LogP contribution in [0.3, 0.4) is 0 Å². The topological polar surface area (TPSA) is 92.6 Å². The molecule has 36 heavy (non-hydrogen) atoms. The molecule has 0 bridgehead atoms. The van der Waals surface area contributed by atoms with Gasteiger partial charge in [-0.25, -0.2) is 9.37 Å². The average molecular weight is 503 g/mol. The molecular weight excluding hydrogens is 476 g/mol. The standard InChI is InChI=1S/C25H26F4N6O/c1-24(2,36)11-16-10-20-14(9-18(16)26)3-5-19(31-20)23-33-32-21-6-4-15(12-35(21)23)22(25(27,28)29)34-8-7-17(30)13-34/h3-6,9-10,12,17,22,36H,7-8,11,13,30H2,1-2H3/t17-,22+/m0/s1. The molecule has 1 fully saturated rings. The van der Waals surface area contributed by atoms with Gasteiger partial charge in [-0.2, -0.15) is 13.2 Å². The Morgan fingerprint density at radius 1 is 1.14 bits per heavy atom. The van der Waals surface area contributed by atoms with Crippen LogP contribution in [-0.2, 0) is 6.42 Å². The van der Waals surface area contributed by atoms with E-state index < -0.39 is 23.6 Å². The van der Waals surface area contributed by atoms with Gasteiger partial charge in [-0.1, -0.05) is 12.1 Å². The second-order valence-corrected chi connectivity index (χ2v) is 10.0. The zero-order chi connectivity index (χ0) is 25.8. The first-order valence-corrected chi connectivity index (χ1v) is 11.6. The minimum atomic E-state index is -4.49. The molecule has 1 aromatic carbocycles.